The van der Waals surface area contributed by atoms with Crippen molar-refractivity contribution >= 4 is 17.3 Å². The zero-order valence-electron chi connectivity index (χ0n) is 6.45. The van der Waals surface area contributed by atoms with Crippen molar-refractivity contribution in [2.45, 2.75) is 0 Å². The van der Waals surface area contributed by atoms with Crippen molar-refractivity contribution < 1.29 is 9.31 Å². The lowest BCUT2D eigenvalue weighted by atomic mass is 10.1. The Labute approximate surface area is 72.6 Å². The molecule has 0 atom stereocenters. The Bertz CT molecular complexity index is 378. The van der Waals surface area contributed by atoms with E-state index in [1.165, 1.54) is 6.07 Å². The lowest BCUT2D eigenvalue weighted by Gasteiger charge is -1.99. The van der Waals surface area contributed by atoms with Gasteiger partial charge in [-0.2, -0.15) is 4.39 Å². The number of rotatable bonds is 2. The molecule has 6 heteroatoms. The fraction of sp³-hybridized carbons (Fsp3) is 0. The molecule has 5 nitrogen and oxygen atoms in total. The lowest BCUT2D eigenvalue weighted by molar-refractivity contribution is -0.384. The average Bonchev–Trinajstić information content (AvgIpc) is 2.04. The second-order valence-corrected chi connectivity index (χ2v) is 2.34. The van der Waals surface area contributed by atoms with Crippen LogP contribution in [0.4, 0.5) is 15.8 Å². The van der Waals surface area contributed by atoms with Gasteiger partial charge in [0, 0.05) is 17.8 Å². The van der Waals surface area contributed by atoms with Gasteiger partial charge in [-0.1, -0.05) is 0 Å². The van der Waals surface area contributed by atoms with Gasteiger partial charge in [-0.25, -0.2) is 0 Å². The number of nitrogens with one attached hydrogen (secondary N) is 1. The fourth-order valence-electron chi connectivity index (χ4n) is 0.848. The molecule has 0 spiro atoms. The third-order valence-electron chi connectivity index (χ3n) is 1.48. The minimum Gasteiger partial charge on any atom is -0.398 e. The van der Waals surface area contributed by atoms with E-state index in [-0.39, 0.29) is 16.9 Å². The van der Waals surface area contributed by atoms with Gasteiger partial charge in [0.25, 0.3) is 5.69 Å². The van der Waals surface area contributed by atoms with E-state index in [2.05, 4.69) is 0 Å². The number of non-ortho nitro benzene ring substituents is 1. The topological polar surface area (TPSA) is 93.0 Å². The number of hydrogen-bond acceptors (Lipinski definition) is 4. The molecule has 0 saturated heterocycles. The van der Waals surface area contributed by atoms with E-state index in [0.717, 1.165) is 12.1 Å². The third kappa shape index (κ3) is 1.78. The molecule has 0 amide bonds. The van der Waals surface area contributed by atoms with Crippen LogP contribution < -0.4 is 5.73 Å². The molecule has 0 radical (unpaired) electrons. The maximum atomic E-state index is 12.4. The summed E-state index contributed by atoms with van der Waals surface area (Å²) in [5, 5.41) is 16.9. The first-order valence-corrected chi connectivity index (χ1v) is 3.30. The quantitative estimate of drug-likeness (QED) is 0.314. The fourth-order valence-corrected chi connectivity index (χ4v) is 0.848. The molecular formula is C7H6FN3O2. The highest BCUT2D eigenvalue weighted by Crippen LogP contribution is 2.20. The molecule has 1 aromatic rings. The smallest absolute Gasteiger partial charge is 0.270 e. The van der Waals surface area contributed by atoms with Gasteiger partial charge in [0.2, 0.25) is 5.97 Å². The number of benzene rings is 1. The van der Waals surface area contributed by atoms with Gasteiger partial charge in [-0.15, -0.1) is 0 Å². The number of hydrogen-bond donors (Lipinski definition) is 2. The normalized spacial score (nSPS) is 9.62. The average molecular weight is 183 g/mol. The van der Waals surface area contributed by atoms with E-state index in [1.54, 1.807) is 0 Å². The van der Waals surface area contributed by atoms with Crippen LogP contribution in [0.15, 0.2) is 18.2 Å². The van der Waals surface area contributed by atoms with Crippen molar-refractivity contribution in [3.05, 3.63) is 33.9 Å². The molecule has 0 aliphatic carbocycles. The highest BCUT2D eigenvalue weighted by atomic mass is 19.1. The molecule has 1 rings (SSSR count). The van der Waals surface area contributed by atoms with Crippen molar-refractivity contribution in [2.75, 3.05) is 5.73 Å². The van der Waals surface area contributed by atoms with E-state index in [9.17, 15) is 14.5 Å². The first kappa shape index (κ1) is 9.11. The van der Waals surface area contributed by atoms with Crippen LogP contribution in [-0.4, -0.2) is 10.9 Å². The van der Waals surface area contributed by atoms with Crippen molar-refractivity contribution in [3.8, 4) is 0 Å². The number of halogens is 1. The molecule has 0 saturated carbocycles. The van der Waals surface area contributed by atoms with Crippen LogP contribution in [0.3, 0.4) is 0 Å². The van der Waals surface area contributed by atoms with Crippen LogP contribution in [0, 0.1) is 15.5 Å². The first-order chi connectivity index (χ1) is 6.02. The number of anilines is 1. The second-order valence-electron chi connectivity index (χ2n) is 2.34. The third-order valence-corrected chi connectivity index (χ3v) is 1.48. The maximum absolute atomic E-state index is 12.4. The molecule has 13 heavy (non-hydrogen) atoms. The van der Waals surface area contributed by atoms with Gasteiger partial charge in [0.1, 0.15) is 0 Å². The number of nitrogen functional groups attached to an aromatic ring is 1. The minimum absolute atomic E-state index is 0.0121. The van der Waals surface area contributed by atoms with Crippen LogP contribution in [0.25, 0.3) is 0 Å². The molecule has 0 aromatic heterocycles. The summed E-state index contributed by atoms with van der Waals surface area (Å²) < 4.78 is 12.4. The molecule has 0 bridgehead atoms. The Morgan fingerprint density at radius 3 is 2.69 bits per heavy atom. The molecule has 0 aliphatic rings. The largest absolute Gasteiger partial charge is 0.398 e. The summed E-state index contributed by atoms with van der Waals surface area (Å²) in [7, 11) is 0. The maximum Gasteiger partial charge on any atom is 0.270 e. The van der Waals surface area contributed by atoms with Crippen molar-refractivity contribution in [1.29, 1.82) is 5.41 Å². The molecular weight excluding hydrogens is 177 g/mol. The van der Waals surface area contributed by atoms with E-state index < -0.39 is 10.9 Å². The summed E-state index contributed by atoms with van der Waals surface area (Å²) in [5.74, 6) is -1.28. The zero-order valence-corrected chi connectivity index (χ0v) is 6.45. The predicted molar refractivity (Wildman–Crippen MR) is 45.4 cm³/mol. The van der Waals surface area contributed by atoms with Gasteiger partial charge in [0.05, 0.1) is 10.5 Å². The van der Waals surface area contributed by atoms with Gasteiger partial charge in [-0.05, 0) is 6.07 Å². The summed E-state index contributed by atoms with van der Waals surface area (Å²) in [6.45, 7) is 0. The molecule has 68 valence electrons. The molecule has 0 unspecified atom stereocenters. The lowest BCUT2D eigenvalue weighted by Crippen LogP contribution is -1.99. The number of nitro benzene ring substituents is 1. The standard InChI is InChI=1S/C7H6FN3O2/c8-7(10)5-3-4(11(12)13)1-2-6(5)9/h1-3,10H,9H2. The summed E-state index contributed by atoms with van der Waals surface area (Å²) in [6.07, 6.45) is 0. The number of nitrogens with zero attached hydrogens (tertiary/aromatic N) is 1. The second kappa shape index (κ2) is 3.18. The summed E-state index contributed by atoms with van der Waals surface area (Å²) >= 11 is 0. The van der Waals surface area contributed by atoms with Gasteiger partial charge >= 0.3 is 0 Å². The number of nitro groups is 1. The summed E-state index contributed by atoms with van der Waals surface area (Å²) in [4.78, 5) is 9.58. The monoisotopic (exact) mass is 183 g/mol. The van der Waals surface area contributed by atoms with Gasteiger partial charge in [-0.3, -0.25) is 15.5 Å². The number of nitrogens with two attached hydrogens (primary N) is 1. The minimum atomic E-state index is -1.28. The van der Waals surface area contributed by atoms with Crippen LogP contribution in [0.2, 0.25) is 0 Å². The van der Waals surface area contributed by atoms with Crippen molar-refractivity contribution in [2.24, 2.45) is 0 Å². The Kier molecular flexibility index (Phi) is 2.23. The van der Waals surface area contributed by atoms with Crippen LogP contribution in [-0.2, 0) is 0 Å². The SMILES string of the molecule is N=C(F)c1cc([N+](=O)[O-])ccc1N. The van der Waals surface area contributed by atoms with Gasteiger partial charge < -0.3 is 5.73 Å². The van der Waals surface area contributed by atoms with E-state index >= 15 is 0 Å². The van der Waals surface area contributed by atoms with Crippen LogP contribution in [0.1, 0.15) is 5.56 Å². The van der Waals surface area contributed by atoms with Crippen molar-refractivity contribution in [1.82, 2.24) is 0 Å². The molecule has 0 heterocycles. The molecule has 1 aromatic carbocycles. The molecule has 0 aliphatic heterocycles. The highest BCUT2D eigenvalue weighted by Gasteiger charge is 2.11. The molecule has 0 fully saturated rings. The summed E-state index contributed by atoms with van der Waals surface area (Å²) in [6, 6.07) is 3.28. The Hall–Kier alpha value is -1.98. The van der Waals surface area contributed by atoms with E-state index in [1.807, 2.05) is 0 Å². The zero-order chi connectivity index (χ0) is 10.0. The Morgan fingerprint density at radius 1 is 1.62 bits per heavy atom. The molecule has 3 N–H and O–H groups in total. The van der Waals surface area contributed by atoms with E-state index in [0.29, 0.717) is 0 Å². The van der Waals surface area contributed by atoms with Crippen LogP contribution >= 0.6 is 0 Å². The summed E-state index contributed by atoms with van der Waals surface area (Å²) in [5.41, 5.74) is 4.76. The van der Waals surface area contributed by atoms with E-state index in [4.69, 9.17) is 11.1 Å². The van der Waals surface area contributed by atoms with Crippen LogP contribution in [0.5, 0.6) is 0 Å². The predicted octanol–water partition coefficient (Wildman–Crippen LogP) is 1.47. The Morgan fingerprint density at radius 2 is 2.23 bits per heavy atom. The highest BCUT2D eigenvalue weighted by molar-refractivity contribution is 5.96. The van der Waals surface area contributed by atoms with Gasteiger partial charge in [0.15, 0.2) is 0 Å². The van der Waals surface area contributed by atoms with Crippen molar-refractivity contribution in [3.63, 3.8) is 0 Å². The first-order valence-electron chi connectivity index (χ1n) is 3.30. The Balaban J connectivity index is 3.27.